The Hall–Kier alpha value is -2.02. The van der Waals surface area contributed by atoms with Crippen LogP contribution in [-0.2, 0) is 16.1 Å². The topological polar surface area (TPSA) is 55.8 Å². The molecule has 0 spiro atoms. The number of methoxy groups -OCH3 is 1. The Balaban J connectivity index is 2.81. The second-order valence-corrected chi connectivity index (χ2v) is 3.85. The summed E-state index contributed by atoms with van der Waals surface area (Å²) in [5.74, 6) is -0.740. The van der Waals surface area contributed by atoms with E-state index in [1.54, 1.807) is 6.07 Å². The van der Waals surface area contributed by atoms with Gasteiger partial charge in [0.15, 0.2) is 0 Å². The highest BCUT2D eigenvalue weighted by Crippen LogP contribution is 2.23. The molecule has 0 bridgehead atoms. The number of ether oxygens (including phenoxy) is 2. The number of carbonyl (C=O) groups is 1. The molecule has 1 aromatic rings. The molecule has 0 fully saturated rings. The summed E-state index contributed by atoms with van der Waals surface area (Å²) in [6, 6.07) is 4.63. The average molecular weight is 290 g/mol. The summed E-state index contributed by atoms with van der Waals surface area (Å²) in [7, 11) is 1.38. The van der Waals surface area contributed by atoms with Gasteiger partial charge in [-0.1, -0.05) is 6.07 Å². The summed E-state index contributed by atoms with van der Waals surface area (Å²) in [6.45, 7) is -1.64. The van der Waals surface area contributed by atoms with Crippen LogP contribution in [0.3, 0.4) is 0 Å². The van der Waals surface area contributed by atoms with E-state index in [1.165, 1.54) is 25.3 Å². The minimum atomic E-state index is -4.39. The van der Waals surface area contributed by atoms with Gasteiger partial charge in [-0.25, -0.2) is 4.79 Å². The fourth-order valence-electron chi connectivity index (χ4n) is 1.46. The Kier molecular flexibility index (Phi) is 5.57. The molecule has 0 heterocycles. The maximum Gasteiger partial charge on any atom is 0.411 e. The second-order valence-electron chi connectivity index (χ2n) is 3.85. The van der Waals surface area contributed by atoms with Gasteiger partial charge in [-0.2, -0.15) is 13.2 Å². The first-order chi connectivity index (χ1) is 9.31. The molecule has 0 radical (unpaired) electrons. The van der Waals surface area contributed by atoms with Crippen LogP contribution < -0.4 is 4.74 Å². The molecule has 0 aromatic heterocycles. The molecule has 0 aliphatic heterocycles. The van der Waals surface area contributed by atoms with Crippen molar-refractivity contribution in [1.29, 1.82) is 0 Å². The standard InChI is InChI=1S/C13H13F3O4/c1-19-11-4-2-9(3-5-12(17)18)6-10(11)7-20-8-13(14,15)16/h2-6H,7-8H2,1H3,(H,17,18). The predicted octanol–water partition coefficient (Wildman–Crippen LogP) is 2.87. The molecule has 0 saturated heterocycles. The van der Waals surface area contributed by atoms with Crippen molar-refractivity contribution in [3.05, 3.63) is 35.4 Å². The maximum absolute atomic E-state index is 12.0. The highest BCUT2D eigenvalue weighted by molar-refractivity contribution is 5.85. The van der Waals surface area contributed by atoms with Crippen LogP contribution in [0.5, 0.6) is 5.75 Å². The van der Waals surface area contributed by atoms with Crippen molar-refractivity contribution in [2.24, 2.45) is 0 Å². The minimum absolute atomic E-state index is 0.280. The van der Waals surface area contributed by atoms with Gasteiger partial charge >= 0.3 is 12.1 Å². The Morgan fingerprint density at radius 2 is 2.10 bits per heavy atom. The Morgan fingerprint density at radius 1 is 1.40 bits per heavy atom. The van der Waals surface area contributed by atoms with E-state index in [0.717, 1.165) is 6.08 Å². The van der Waals surface area contributed by atoms with Gasteiger partial charge < -0.3 is 14.6 Å². The lowest BCUT2D eigenvalue weighted by atomic mass is 10.1. The molecular formula is C13H13F3O4. The molecule has 0 amide bonds. The van der Waals surface area contributed by atoms with Crippen molar-refractivity contribution in [2.75, 3.05) is 13.7 Å². The molecule has 7 heteroatoms. The fraction of sp³-hybridized carbons (Fsp3) is 0.308. The quantitative estimate of drug-likeness (QED) is 0.818. The van der Waals surface area contributed by atoms with E-state index < -0.39 is 18.8 Å². The first-order valence-electron chi connectivity index (χ1n) is 5.54. The monoisotopic (exact) mass is 290 g/mol. The van der Waals surface area contributed by atoms with E-state index in [2.05, 4.69) is 4.74 Å². The Bertz CT molecular complexity index is 495. The fourth-order valence-corrected chi connectivity index (χ4v) is 1.46. The van der Waals surface area contributed by atoms with Gasteiger partial charge in [0.2, 0.25) is 0 Å². The van der Waals surface area contributed by atoms with Gasteiger partial charge in [0.25, 0.3) is 0 Å². The van der Waals surface area contributed by atoms with E-state index in [1.807, 2.05) is 0 Å². The van der Waals surface area contributed by atoms with E-state index in [0.29, 0.717) is 16.9 Å². The average Bonchev–Trinajstić information content (AvgIpc) is 2.35. The van der Waals surface area contributed by atoms with Gasteiger partial charge in [0.1, 0.15) is 12.4 Å². The van der Waals surface area contributed by atoms with Crippen LogP contribution in [0.2, 0.25) is 0 Å². The number of carboxylic acid groups (broad SMARTS) is 1. The van der Waals surface area contributed by atoms with Gasteiger partial charge in [0, 0.05) is 11.6 Å². The zero-order chi connectivity index (χ0) is 15.2. The summed E-state index contributed by atoms with van der Waals surface area (Å²) in [5, 5.41) is 8.51. The molecular weight excluding hydrogens is 277 g/mol. The first-order valence-corrected chi connectivity index (χ1v) is 5.54. The lowest BCUT2D eigenvalue weighted by Crippen LogP contribution is -2.16. The lowest BCUT2D eigenvalue weighted by Gasteiger charge is -2.11. The maximum atomic E-state index is 12.0. The molecule has 1 N–H and O–H groups in total. The number of alkyl halides is 3. The van der Waals surface area contributed by atoms with Crippen LogP contribution in [0.25, 0.3) is 6.08 Å². The molecule has 20 heavy (non-hydrogen) atoms. The zero-order valence-corrected chi connectivity index (χ0v) is 10.6. The largest absolute Gasteiger partial charge is 0.496 e. The number of hydrogen-bond donors (Lipinski definition) is 1. The third-order valence-corrected chi connectivity index (χ3v) is 2.25. The molecule has 0 unspecified atom stereocenters. The molecule has 1 aromatic carbocycles. The van der Waals surface area contributed by atoms with Crippen LogP contribution in [0.1, 0.15) is 11.1 Å². The number of benzene rings is 1. The van der Waals surface area contributed by atoms with Crippen LogP contribution in [-0.4, -0.2) is 31.0 Å². The third kappa shape index (κ3) is 5.75. The zero-order valence-electron chi connectivity index (χ0n) is 10.6. The molecule has 0 aliphatic rings. The van der Waals surface area contributed by atoms with E-state index in [9.17, 15) is 18.0 Å². The van der Waals surface area contributed by atoms with E-state index >= 15 is 0 Å². The molecule has 0 saturated carbocycles. The molecule has 0 aliphatic carbocycles. The highest BCUT2D eigenvalue weighted by Gasteiger charge is 2.27. The van der Waals surface area contributed by atoms with Crippen molar-refractivity contribution in [3.8, 4) is 5.75 Å². The molecule has 110 valence electrons. The SMILES string of the molecule is COc1ccc(C=CC(=O)O)cc1COCC(F)(F)F. The van der Waals surface area contributed by atoms with Crippen LogP contribution in [0, 0.1) is 0 Å². The van der Waals surface area contributed by atoms with Gasteiger partial charge in [0.05, 0.1) is 13.7 Å². The lowest BCUT2D eigenvalue weighted by molar-refractivity contribution is -0.176. The van der Waals surface area contributed by atoms with Crippen LogP contribution in [0.4, 0.5) is 13.2 Å². The number of rotatable bonds is 6. The Morgan fingerprint density at radius 3 is 2.65 bits per heavy atom. The summed E-state index contributed by atoms with van der Waals surface area (Å²) >= 11 is 0. The van der Waals surface area contributed by atoms with Gasteiger partial charge in [-0.05, 0) is 23.8 Å². The normalized spacial score (nSPS) is 11.8. The predicted molar refractivity (Wildman–Crippen MR) is 65.4 cm³/mol. The first kappa shape index (κ1) is 16.0. The second kappa shape index (κ2) is 6.95. The van der Waals surface area contributed by atoms with Crippen molar-refractivity contribution >= 4 is 12.0 Å². The number of aliphatic carboxylic acids is 1. The van der Waals surface area contributed by atoms with E-state index in [4.69, 9.17) is 9.84 Å². The summed E-state index contributed by atoms with van der Waals surface area (Å²) in [4.78, 5) is 10.4. The summed E-state index contributed by atoms with van der Waals surface area (Å²) in [5.41, 5.74) is 0.933. The van der Waals surface area contributed by atoms with Gasteiger partial charge in [-0.15, -0.1) is 0 Å². The van der Waals surface area contributed by atoms with Crippen molar-refractivity contribution in [1.82, 2.24) is 0 Å². The Labute approximate surface area is 113 Å². The molecule has 1 rings (SSSR count). The number of carboxylic acids is 1. The molecule has 0 atom stereocenters. The van der Waals surface area contributed by atoms with Crippen LogP contribution in [0.15, 0.2) is 24.3 Å². The van der Waals surface area contributed by atoms with Crippen LogP contribution >= 0.6 is 0 Å². The number of halogens is 3. The highest BCUT2D eigenvalue weighted by atomic mass is 19.4. The summed E-state index contributed by atoms with van der Waals surface area (Å²) < 4.78 is 45.6. The molecule has 4 nitrogen and oxygen atoms in total. The number of hydrogen-bond acceptors (Lipinski definition) is 3. The minimum Gasteiger partial charge on any atom is -0.496 e. The van der Waals surface area contributed by atoms with Gasteiger partial charge in [-0.3, -0.25) is 0 Å². The third-order valence-electron chi connectivity index (χ3n) is 2.25. The summed E-state index contributed by atoms with van der Waals surface area (Å²) in [6.07, 6.45) is -2.13. The smallest absolute Gasteiger partial charge is 0.411 e. The van der Waals surface area contributed by atoms with Crippen molar-refractivity contribution in [3.63, 3.8) is 0 Å². The van der Waals surface area contributed by atoms with E-state index in [-0.39, 0.29) is 6.61 Å². The van der Waals surface area contributed by atoms with Crippen molar-refractivity contribution < 1.29 is 32.5 Å². The van der Waals surface area contributed by atoms with Crippen molar-refractivity contribution in [2.45, 2.75) is 12.8 Å².